The van der Waals surface area contributed by atoms with Gasteiger partial charge in [-0.15, -0.1) is 11.3 Å². The first-order valence-electron chi connectivity index (χ1n) is 5.31. The molecule has 0 saturated carbocycles. The predicted octanol–water partition coefficient (Wildman–Crippen LogP) is 0.734. The van der Waals surface area contributed by atoms with Crippen molar-refractivity contribution in [2.24, 2.45) is 0 Å². The smallest absolute Gasteiger partial charge is 0.250 e. The molecule has 2 N–H and O–H groups in total. The van der Waals surface area contributed by atoms with Crippen molar-refractivity contribution in [2.75, 3.05) is 26.4 Å². The molecule has 5 nitrogen and oxygen atoms in total. The van der Waals surface area contributed by atoms with Gasteiger partial charge >= 0.3 is 0 Å². The van der Waals surface area contributed by atoms with Crippen molar-refractivity contribution in [3.63, 3.8) is 0 Å². The molecule has 1 heterocycles. The van der Waals surface area contributed by atoms with Crippen molar-refractivity contribution >= 4 is 21.4 Å². The summed E-state index contributed by atoms with van der Waals surface area (Å²) in [5.41, 5.74) is 0. The Hall–Kier alpha value is -0.470. The minimum Gasteiger partial charge on any atom is -0.394 e. The van der Waals surface area contributed by atoms with Gasteiger partial charge in [0.2, 0.25) is 10.0 Å². The van der Waals surface area contributed by atoms with Crippen LogP contribution in [0.3, 0.4) is 0 Å². The van der Waals surface area contributed by atoms with Crippen molar-refractivity contribution in [3.05, 3.63) is 17.0 Å². The predicted molar refractivity (Wildman–Crippen MR) is 66.8 cm³/mol. The van der Waals surface area contributed by atoms with Gasteiger partial charge in [0.15, 0.2) is 0 Å². The normalized spacial score (nSPS) is 11.9. The van der Waals surface area contributed by atoms with Crippen LogP contribution < -0.4 is 4.72 Å². The molecule has 0 radical (unpaired) electrons. The van der Waals surface area contributed by atoms with Gasteiger partial charge in [-0.1, -0.05) is 0 Å². The Labute approximate surface area is 105 Å². The molecule has 1 aromatic rings. The van der Waals surface area contributed by atoms with Crippen LogP contribution in [0.25, 0.3) is 0 Å². The summed E-state index contributed by atoms with van der Waals surface area (Å²) in [4.78, 5) is 0.969. The average Bonchev–Trinajstić information content (AvgIpc) is 2.71. The zero-order valence-corrected chi connectivity index (χ0v) is 11.3. The summed E-state index contributed by atoms with van der Waals surface area (Å²) in [5.74, 6) is 0. The summed E-state index contributed by atoms with van der Waals surface area (Å²) in [7, 11) is -3.37. The van der Waals surface area contributed by atoms with Crippen LogP contribution in [0.2, 0.25) is 0 Å². The van der Waals surface area contributed by atoms with E-state index in [1.807, 2.05) is 6.92 Å². The highest BCUT2D eigenvalue weighted by Crippen LogP contribution is 2.19. The Bertz CT molecular complexity index is 427. The lowest BCUT2D eigenvalue weighted by Gasteiger charge is -2.05. The molecule has 0 atom stereocenters. The first-order valence-corrected chi connectivity index (χ1v) is 7.61. The minimum atomic E-state index is -3.37. The van der Waals surface area contributed by atoms with Crippen LogP contribution in [0.5, 0.6) is 0 Å². The molecule has 98 valence electrons. The molecule has 7 heteroatoms. The molecule has 0 aliphatic carbocycles. The fourth-order valence-corrected chi connectivity index (χ4v) is 3.58. The zero-order valence-electron chi connectivity index (χ0n) is 9.68. The number of aliphatic hydroxyl groups excluding tert-OH is 1. The molecule has 1 aromatic heterocycles. The summed E-state index contributed by atoms with van der Waals surface area (Å²) in [6.07, 6.45) is 0.587. The van der Waals surface area contributed by atoms with Gasteiger partial charge in [0.25, 0.3) is 0 Å². The van der Waals surface area contributed by atoms with E-state index in [1.165, 1.54) is 11.3 Å². The van der Waals surface area contributed by atoms with Gasteiger partial charge in [-0.2, -0.15) is 0 Å². The second kappa shape index (κ2) is 7.07. The molecule has 0 saturated heterocycles. The molecule has 0 amide bonds. The SMILES string of the molecule is Cc1ccc(S(=O)(=O)NCCCOCCO)s1. The Morgan fingerprint density at radius 3 is 2.76 bits per heavy atom. The van der Waals surface area contributed by atoms with E-state index in [0.29, 0.717) is 23.8 Å². The summed E-state index contributed by atoms with van der Waals surface area (Å²) < 4.78 is 31.4. The van der Waals surface area contributed by atoms with E-state index >= 15 is 0 Å². The number of sulfonamides is 1. The minimum absolute atomic E-state index is 0.0137. The molecule has 17 heavy (non-hydrogen) atoms. The number of rotatable bonds is 8. The van der Waals surface area contributed by atoms with Crippen LogP contribution >= 0.6 is 11.3 Å². The highest BCUT2D eigenvalue weighted by molar-refractivity contribution is 7.91. The molecule has 0 aromatic carbocycles. The lowest BCUT2D eigenvalue weighted by molar-refractivity contribution is 0.0913. The largest absolute Gasteiger partial charge is 0.394 e. The van der Waals surface area contributed by atoms with Crippen LogP contribution in [0.15, 0.2) is 16.3 Å². The fraction of sp³-hybridized carbons (Fsp3) is 0.600. The molecule has 0 aliphatic rings. The molecule has 1 rings (SSSR count). The molecule has 0 aliphatic heterocycles. The third-order valence-electron chi connectivity index (χ3n) is 1.97. The highest BCUT2D eigenvalue weighted by atomic mass is 32.2. The topological polar surface area (TPSA) is 75.6 Å². The fourth-order valence-electron chi connectivity index (χ4n) is 1.18. The number of hydrogen-bond donors (Lipinski definition) is 2. The second-order valence-corrected chi connectivity index (χ2v) is 6.73. The highest BCUT2D eigenvalue weighted by Gasteiger charge is 2.14. The zero-order chi connectivity index (χ0) is 12.7. The van der Waals surface area contributed by atoms with Crippen molar-refractivity contribution in [2.45, 2.75) is 17.6 Å². The maximum Gasteiger partial charge on any atom is 0.250 e. The Kier molecular flexibility index (Phi) is 6.07. The summed E-state index contributed by atoms with van der Waals surface area (Å²) >= 11 is 1.25. The molecule has 0 unspecified atom stereocenters. The maximum atomic E-state index is 11.8. The molecular weight excluding hydrogens is 262 g/mol. The van der Waals surface area contributed by atoms with Gasteiger partial charge in [-0.05, 0) is 25.5 Å². The maximum absolute atomic E-state index is 11.8. The standard InChI is InChI=1S/C10H17NO4S2/c1-9-3-4-10(16-9)17(13,14)11-5-2-7-15-8-6-12/h3-4,11-12H,2,5-8H2,1H3. The molecule has 0 fully saturated rings. The van der Waals surface area contributed by atoms with Crippen LogP contribution in [0, 0.1) is 6.92 Å². The number of aliphatic hydroxyl groups is 1. The first kappa shape index (κ1) is 14.6. The van der Waals surface area contributed by atoms with E-state index in [9.17, 15) is 8.42 Å². The van der Waals surface area contributed by atoms with Crippen molar-refractivity contribution in [3.8, 4) is 0 Å². The van der Waals surface area contributed by atoms with Crippen LogP contribution in [0.1, 0.15) is 11.3 Å². The van der Waals surface area contributed by atoms with Gasteiger partial charge in [0, 0.05) is 18.0 Å². The van der Waals surface area contributed by atoms with Gasteiger partial charge in [-0.3, -0.25) is 0 Å². The van der Waals surface area contributed by atoms with Crippen LogP contribution in [-0.2, 0) is 14.8 Å². The van der Waals surface area contributed by atoms with Gasteiger partial charge in [0.05, 0.1) is 13.2 Å². The monoisotopic (exact) mass is 279 g/mol. The summed E-state index contributed by atoms with van der Waals surface area (Å²) in [5, 5.41) is 8.47. The summed E-state index contributed by atoms with van der Waals surface area (Å²) in [6, 6.07) is 3.38. The van der Waals surface area contributed by atoms with Crippen LogP contribution in [0.4, 0.5) is 0 Å². The van der Waals surface area contributed by atoms with Gasteiger partial charge < -0.3 is 9.84 Å². The van der Waals surface area contributed by atoms with E-state index in [-0.39, 0.29) is 13.2 Å². The van der Waals surface area contributed by atoms with Crippen molar-refractivity contribution < 1.29 is 18.3 Å². The summed E-state index contributed by atoms with van der Waals surface area (Å²) in [6.45, 7) is 2.92. The Morgan fingerprint density at radius 2 is 2.18 bits per heavy atom. The van der Waals surface area contributed by atoms with E-state index in [0.717, 1.165) is 4.88 Å². The molecular formula is C10H17NO4S2. The lowest BCUT2D eigenvalue weighted by atomic mass is 10.5. The van der Waals surface area contributed by atoms with Gasteiger partial charge in [-0.25, -0.2) is 13.1 Å². The van der Waals surface area contributed by atoms with Crippen molar-refractivity contribution in [1.29, 1.82) is 0 Å². The van der Waals surface area contributed by atoms with E-state index in [1.54, 1.807) is 12.1 Å². The third-order valence-corrected chi connectivity index (χ3v) is 4.93. The quantitative estimate of drug-likeness (QED) is 0.688. The molecule has 0 bridgehead atoms. The van der Waals surface area contributed by atoms with Crippen LogP contribution in [-0.4, -0.2) is 39.9 Å². The van der Waals surface area contributed by atoms with E-state index in [4.69, 9.17) is 9.84 Å². The Morgan fingerprint density at radius 1 is 1.41 bits per heavy atom. The van der Waals surface area contributed by atoms with E-state index in [2.05, 4.69) is 4.72 Å². The Balaban J connectivity index is 2.31. The van der Waals surface area contributed by atoms with E-state index < -0.39 is 10.0 Å². The number of nitrogens with one attached hydrogen (secondary N) is 1. The first-order chi connectivity index (χ1) is 8.06. The molecule has 0 spiro atoms. The lowest BCUT2D eigenvalue weighted by Crippen LogP contribution is -2.25. The third kappa shape index (κ3) is 5.13. The average molecular weight is 279 g/mol. The van der Waals surface area contributed by atoms with Crippen molar-refractivity contribution in [1.82, 2.24) is 4.72 Å². The van der Waals surface area contributed by atoms with Gasteiger partial charge in [0.1, 0.15) is 4.21 Å². The number of ether oxygens (including phenoxy) is 1. The second-order valence-electron chi connectivity index (χ2n) is 3.45. The number of thiophene rings is 1. The number of aryl methyl sites for hydroxylation is 1. The number of hydrogen-bond acceptors (Lipinski definition) is 5.